The van der Waals surface area contributed by atoms with Gasteiger partial charge in [-0.05, 0) is 47.9 Å². The Morgan fingerprint density at radius 2 is 1.27 bits per heavy atom. The van der Waals surface area contributed by atoms with Crippen LogP contribution in [-0.4, -0.2) is 5.11 Å². The van der Waals surface area contributed by atoms with Crippen molar-refractivity contribution in [1.82, 2.24) is 0 Å². The Balaban J connectivity index is 2.31. The molecular weight excluding hydrogens is 190 g/mol. The van der Waals surface area contributed by atoms with Gasteiger partial charge in [-0.2, -0.15) is 0 Å². The minimum atomic E-state index is -1.42. The molecule has 0 bridgehead atoms. The van der Waals surface area contributed by atoms with Crippen molar-refractivity contribution in [2.24, 2.45) is 17.2 Å². The lowest BCUT2D eigenvalue weighted by atomic mass is 9.71. The summed E-state index contributed by atoms with van der Waals surface area (Å²) >= 11 is 0. The van der Waals surface area contributed by atoms with Gasteiger partial charge in [0.25, 0.3) is 0 Å². The molecule has 0 aromatic heterocycles. The van der Waals surface area contributed by atoms with E-state index in [2.05, 4.69) is 0 Å². The summed E-state index contributed by atoms with van der Waals surface area (Å²) in [6.45, 7) is 0. The van der Waals surface area contributed by atoms with Gasteiger partial charge in [0.2, 0.25) is 0 Å². The molecule has 0 saturated carbocycles. The lowest BCUT2D eigenvalue weighted by Crippen LogP contribution is -2.56. The summed E-state index contributed by atoms with van der Waals surface area (Å²) in [5.41, 5.74) is 22.4. The van der Waals surface area contributed by atoms with Crippen molar-refractivity contribution in [1.29, 1.82) is 0 Å². The molecule has 7 N–H and O–H groups in total. The highest BCUT2D eigenvalue weighted by Gasteiger charge is 2.36. The van der Waals surface area contributed by atoms with Gasteiger partial charge in [0, 0.05) is 5.56 Å². The van der Waals surface area contributed by atoms with E-state index in [0.29, 0.717) is 5.56 Å². The van der Waals surface area contributed by atoms with E-state index < -0.39 is 5.79 Å². The summed E-state index contributed by atoms with van der Waals surface area (Å²) in [5.74, 6) is -1.18. The first kappa shape index (κ1) is 9.15. The first-order valence-corrected chi connectivity index (χ1v) is 5.25. The van der Waals surface area contributed by atoms with Crippen molar-refractivity contribution < 1.29 is 5.11 Å². The molecule has 1 aromatic rings. The van der Waals surface area contributed by atoms with Crippen LogP contribution in [0.1, 0.15) is 27.8 Å². The van der Waals surface area contributed by atoms with Gasteiger partial charge in [0.05, 0.1) is 0 Å². The fourth-order valence-electron chi connectivity index (χ4n) is 2.71. The molecule has 0 radical (unpaired) electrons. The molecule has 4 nitrogen and oxygen atoms in total. The van der Waals surface area contributed by atoms with Gasteiger partial charge in [-0.15, -0.1) is 0 Å². The topological polar surface area (TPSA) is 98.3 Å². The molecule has 0 saturated heterocycles. The fraction of sp³-hybridized carbons (Fsp3) is 0.455. The van der Waals surface area contributed by atoms with E-state index >= 15 is 0 Å². The molecule has 0 fully saturated rings. The monoisotopic (exact) mass is 205 g/mol. The molecule has 0 unspecified atom stereocenters. The third kappa shape index (κ3) is 1.01. The lowest BCUT2D eigenvalue weighted by Gasteiger charge is -2.37. The van der Waals surface area contributed by atoms with E-state index in [-0.39, 0.29) is 5.75 Å². The minimum absolute atomic E-state index is 0.238. The second kappa shape index (κ2) is 2.52. The van der Waals surface area contributed by atoms with Gasteiger partial charge in [-0.3, -0.25) is 17.2 Å². The number of fused-ring (bicyclic) bond motifs is 3. The molecule has 80 valence electrons. The normalized spacial score (nSPS) is 17.5. The van der Waals surface area contributed by atoms with E-state index in [1.165, 1.54) is 11.1 Å². The zero-order valence-electron chi connectivity index (χ0n) is 8.51. The molecule has 3 rings (SSSR count). The minimum Gasteiger partial charge on any atom is -0.507 e. The maximum atomic E-state index is 10.1. The standard InChI is InChI=1S/C11H15N3O/c12-11(13,14)9-7-3-1-5(7)6-2-4-8(6)10(9)15/h15H,1-4,12-14H2. The molecule has 2 aliphatic rings. The lowest BCUT2D eigenvalue weighted by molar-refractivity contribution is 0.403. The first-order valence-electron chi connectivity index (χ1n) is 5.25. The van der Waals surface area contributed by atoms with Crippen LogP contribution in [0.3, 0.4) is 0 Å². The van der Waals surface area contributed by atoms with Crippen molar-refractivity contribution in [3.05, 3.63) is 27.8 Å². The second-order valence-electron chi connectivity index (χ2n) is 4.57. The van der Waals surface area contributed by atoms with E-state index in [4.69, 9.17) is 17.2 Å². The van der Waals surface area contributed by atoms with E-state index in [0.717, 1.165) is 36.8 Å². The number of rotatable bonds is 1. The van der Waals surface area contributed by atoms with Crippen LogP contribution in [-0.2, 0) is 31.5 Å². The van der Waals surface area contributed by atoms with Gasteiger partial charge in [-0.1, -0.05) is 0 Å². The van der Waals surface area contributed by atoms with Crippen molar-refractivity contribution in [3.8, 4) is 5.75 Å². The number of nitrogens with two attached hydrogens (primary N) is 3. The van der Waals surface area contributed by atoms with E-state index in [1.54, 1.807) is 0 Å². The highest BCUT2D eigenvalue weighted by atomic mass is 16.3. The Bertz CT molecular complexity index is 437. The zero-order valence-corrected chi connectivity index (χ0v) is 8.51. The number of hydrogen-bond acceptors (Lipinski definition) is 4. The molecule has 0 heterocycles. The van der Waals surface area contributed by atoms with Crippen LogP contribution in [0.15, 0.2) is 0 Å². The summed E-state index contributed by atoms with van der Waals surface area (Å²) in [4.78, 5) is 0. The summed E-state index contributed by atoms with van der Waals surface area (Å²) in [6.07, 6.45) is 3.98. The van der Waals surface area contributed by atoms with Crippen LogP contribution in [0.25, 0.3) is 0 Å². The quantitative estimate of drug-likeness (QED) is 0.468. The molecule has 15 heavy (non-hydrogen) atoms. The van der Waals surface area contributed by atoms with Crippen molar-refractivity contribution >= 4 is 0 Å². The Labute approximate surface area is 88.1 Å². The van der Waals surface area contributed by atoms with Gasteiger partial charge in [-0.25, -0.2) is 0 Å². The molecule has 0 spiro atoms. The van der Waals surface area contributed by atoms with Crippen LogP contribution in [0, 0.1) is 0 Å². The van der Waals surface area contributed by atoms with Crippen LogP contribution >= 0.6 is 0 Å². The van der Waals surface area contributed by atoms with Crippen LogP contribution in [0.2, 0.25) is 0 Å². The summed E-state index contributed by atoms with van der Waals surface area (Å²) in [5, 5.41) is 10.1. The van der Waals surface area contributed by atoms with Crippen LogP contribution in [0.4, 0.5) is 0 Å². The Morgan fingerprint density at radius 3 is 1.67 bits per heavy atom. The molecular formula is C11H15N3O. The Kier molecular flexibility index (Phi) is 1.54. The van der Waals surface area contributed by atoms with E-state index in [9.17, 15) is 5.11 Å². The average Bonchev–Trinajstić information content (AvgIpc) is 2.01. The second-order valence-corrected chi connectivity index (χ2v) is 4.57. The summed E-state index contributed by atoms with van der Waals surface area (Å²) < 4.78 is 0. The van der Waals surface area contributed by atoms with Gasteiger partial charge in [0.15, 0.2) is 0 Å². The van der Waals surface area contributed by atoms with Crippen molar-refractivity contribution in [2.45, 2.75) is 31.5 Å². The molecule has 1 aromatic carbocycles. The summed E-state index contributed by atoms with van der Waals surface area (Å²) in [6, 6.07) is 0. The van der Waals surface area contributed by atoms with Gasteiger partial charge >= 0.3 is 0 Å². The predicted molar refractivity (Wildman–Crippen MR) is 57.2 cm³/mol. The largest absolute Gasteiger partial charge is 0.507 e. The Morgan fingerprint density at radius 1 is 0.800 bits per heavy atom. The van der Waals surface area contributed by atoms with E-state index in [1.807, 2.05) is 0 Å². The smallest absolute Gasteiger partial charge is 0.146 e. The zero-order chi connectivity index (χ0) is 10.8. The maximum Gasteiger partial charge on any atom is 0.146 e. The van der Waals surface area contributed by atoms with Crippen molar-refractivity contribution in [3.63, 3.8) is 0 Å². The molecule has 0 atom stereocenters. The van der Waals surface area contributed by atoms with Crippen LogP contribution < -0.4 is 17.2 Å². The van der Waals surface area contributed by atoms with Crippen molar-refractivity contribution in [2.75, 3.05) is 0 Å². The number of phenols is 1. The highest BCUT2D eigenvalue weighted by Crippen LogP contribution is 2.45. The molecule has 4 heteroatoms. The number of benzene rings is 1. The SMILES string of the molecule is NC(N)(N)c1c(O)c2c(c3c1CC3)CC2. The first-order chi connectivity index (χ1) is 7.00. The maximum absolute atomic E-state index is 10.1. The third-order valence-electron chi connectivity index (χ3n) is 3.60. The highest BCUT2D eigenvalue weighted by molar-refractivity contribution is 5.63. The summed E-state index contributed by atoms with van der Waals surface area (Å²) in [7, 11) is 0. The van der Waals surface area contributed by atoms with Crippen LogP contribution in [0.5, 0.6) is 5.75 Å². The fourth-order valence-corrected chi connectivity index (χ4v) is 2.71. The average molecular weight is 205 g/mol. The number of aromatic hydroxyl groups is 1. The predicted octanol–water partition coefficient (Wildman–Crippen LogP) is -0.424. The molecule has 0 aliphatic heterocycles. The number of phenolic OH excluding ortho intramolecular Hbond substituents is 1. The number of hydrogen-bond donors (Lipinski definition) is 4. The van der Waals surface area contributed by atoms with Gasteiger partial charge < -0.3 is 5.11 Å². The molecule has 2 aliphatic carbocycles. The van der Waals surface area contributed by atoms with Gasteiger partial charge in [0.1, 0.15) is 11.5 Å². The Hall–Kier alpha value is -1.10. The molecule has 0 amide bonds. The third-order valence-corrected chi connectivity index (χ3v) is 3.60.